The third kappa shape index (κ3) is 3.89. The van der Waals surface area contributed by atoms with Gasteiger partial charge in [-0.15, -0.1) is 0 Å². The van der Waals surface area contributed by atoms with Crippen molar-refractivity contribution in [2.45, 2.75) is 50.4 Å². The van der Waals surface area contributed by atoms with Crippen LogP contribution in [0, 0.1) is 5.92 Å². The number of aliphatic hydroxyl groups is 4. The van der Waals surface area contributed by atoms with E-state index >= 15 is 0 Å². The predicted molar refractivity (Wildman–Crippen MR) is 67.9 cm³/mol. The third-order valence-corrected chi connectivity index (χ3v) is 3.52. The number of hydrogen-bond donors (Lipinski definition) is 6. The molecule has 1 amide bonds. The molecule has 0 saturated carbocycles. The van der Waals surface area contributed by atoms with E-state index in [0.717, 1.165) is 0 Å². The maximum absolute atomic E-state index is 11.2. The Labute approximate surface area is 121 Å². The van der Waals surface area contributed by atoms with Crippen LogP contribution in [0.3, 0.4) is 0 Å². The Kier molecular flexibility index (Phi) is 5.65. The lowest BCUT2D eigenvalue weighted by Crippen LogP contribution is -2.65. The van der Waals surface area contributed by atoms with Crippen molar-refractivity contribution in [3.8, 4) is 0 Å². The molecule has 0 unspecified atom stereocenters. The molecule has 1 saturated heterocycles. The van der Waals surface area contributed by atoms with Gasteiger partial charge in [-0.25, -0.2) is 4.79 Å². The van der Waals surface area contributed by atoms with Gasteiger partial charge in [-0.3, -0.25) is 4.79 Å². The van der Waals surface area contributed by atoms with Crippen LogP contribution in [-0.2, 0) is 14.3 Å². The molecule has 6 N–H and O–H groups in total. The van der Waals surface area contributed by atoms with Gasteiger partial charge < -0.3 is 35.6 Å². The summed E-state index contributed by atoms with van der Waals surface area (Å²) in [5.74, 6) is -5.15. The van der Waals surface area contributed by atoms with E-state index in [-0.39, 0.29) is 6.42 Å². The van der Waals surface area contributed by atoms with Gasteiger partial charge >= 0.3 is 5.97 Å². The summed E-state index contributed by atoms with van der Waals surface area (Å²) in [6.07, 6.45) is -4.97. The highest BCUT2D eigenvalue weighted by molar-refractivity contribution is 5.76. The highest BCUT2D eigenvalue weighted by atomic mass is 16.7. The van der Waals surface area contributed by atoms with Gasteiger partial charge in [-0.05, 0) is 5.92 Å². The normalized spacial score (nSPS) is 35.8. The van der Waals surface area contributed by atoms with E-state index in [2.05, 4.69) is 5.32 Å². The summed E-state index contributed by atoms with van der Waals surface area (Å²) in [5, 5.41) is 49.8. The number of aliphatic carboxylic acids is 1. The molecular formula is C12H21NO8. The average molecular weight is 307 g/mol. The standard InChI is InChI=1S/C12H21NO8/c1-5-3-12(20,11(18)19)21-10(8(5)13-6(2)15)9(17)7(16)4-14/h5,7-10,14,16-17,20H,3-4H2,1-2H3,(H,13,15)(H,18,19)/t5-,7+,8+,9+,10+,12-/m0/s1. The number of carboxylic acid groups (broad SMARTS) is 1. The van der Waals surface area contributed by atoms with Crippen molar-refractivity contribution < 1.29 is 39.9 Å². The van der Waals surface area contributed by atoms with E-state index in [4.69, 9.17) is 14.9 Å². The molecule has 0 aromatic heterocycles. The summed E-state index contributed by atoms with van der Waals surface area (Å²) >= 11 is 0. The van der Waals surface area contributed by atoms with Crippen LogP contribution < -0.4 is 5.32 Å². The first-order chi connectivity index (χ1) is 9.62. The van der Waals surface area contributed by atoms with Crippen LogP contribution in [0.4, 0.5) is 0 Å². The van der Waals surface area contributed by atoms with E-state index in [9.17, 15) is 24.9 Å². The molecule has 1 aliphatic rings. The highest BCUT2D eigenvalue weighted by Crippen LogP contribution is 2.33. The Balaban J connectivity index is 3.07. The second kappa shape index (κ2) is 6.67. The Bertz CT molecular complexity index is 403. The zero-order valence-electron chi connectivity index (χ0n) is 11.8. The van der Waals surface area contributed by atoms with Crippen molar-refractivity contribution in [3.63, 3.8) is 0 Å². The summed E-state index contributed by atoms with van der Waals surface area (Å²) in [6.45, 7) is 2.02. The van der Waals surface area contributed by atoms with Crippen molar-refractivity contribution >= 4 is 11.9 Å². The first kappa shape index (κ1) is 17.8. The molecule has 0 spiro atoms. The number of carbonyl (C=O) groups excluding carboxylic acids is 1. The molecule has 1 aliphatic heterocycles. The summed E-state index contributed by atoms with van der Waals surface area (Å²) in [7, 11) is 0. The fourth-order valence-corrected chi connectivity index (χ4v) is 2.44. The van der Waals surface area contributed by atoms with E-state index < -0.39 is 54.5 Å². The van der Waals surface area contributed by atoms with Crippen molar-refractivity contribution in [3.05, 3.63) is 0 Å². The zero-order chi connectivity index (χ0) is 16.4. The lowest BCUT2D eigenvalue weighted by molar-refractivity contribution is -0.288. The summed E-state index contributed by atoms with van der Waals surface area (Å²) in [5.41, 5.74) is 0. The summed E-state index contributed by atoms with van der Waals surface area (Å²) < 4.78 is 5.02. The lowest BCUT2D eigenvalue weighted by Gasteiger charge is -2.45. The SMILES string of the molecule is CC(=O)N[C@H]1[C@H]([C@H](O)[C@H](O)CO)O[C@](O)(C(=O)O)C[C@@H]1C. The Morgan fingerprint density at radius 3 is 2.43 bits per heavy atom. The maximum Gasteiger partial charge on any atom is 0.364 e. The van der Waals surface area contributed by atoms with Gasteiger partial charge in [0.15, 0.2) is 0 Å². The summed E-state index contributed by atoms with van der Waals surface area (Å²) in [6, 6.07) is -0.821. The Morgan fingerprint density at radius 1 is 1.43 bits per heavy atom. The molecule has 9 heteroatoms. The quantitative estimate of drug-likeness (QED) is 0.323. The minimum Gasteiger partial charge on any atom is -0.477 e. The lowest BCUT2D eigenvalue weighted by atomic mass is 9.83. The largest absolute Gasteiger partial charge is 0.477 e. The second-order valence-corrected chi connectivity index (χ2v) is 5.32. The van der Waals surface area contributed by atoms with E-state index in [1.54, 1.807) is 6.92 Å². The first-order valence-electron chi connectivity index (χ1n) is 6.50. The molecular weight excluding hydrogens is 286 g/mol. The molecule has 1 fully saturated rings. The average Bonchev–Trinajstić information content (AvgIpc) is 2.39. The van der Waals surface area contributed by atoms with Crippen LogP contribution >= 0.6 is 0 Å². The number of carboxylic acids is 1. The van der Waals surface area contributed by atoms with Gasteiger partial charge in [0.05, 0.1) is 12.6 Å². The molecule has 0 aromatic carbocycles. The third-order valence-electron chi connectivity index (χ3n) is 3.52. The Hall–Kier alpha value is -1.26. The highest BCUT2D eigenvalue weighted by Gasteiger charge is 2.52. The number of aliphatic hydroxyl groups excluding tert-OH is 3. The van der Waals surface area contributed by atoms with Crippen molar-refractivity contribution in [2.75, 3.05) is 6.61 Å². The predicted octanol–water partition coefficient (Wildman–Crippen LogP) is -2.60. The molecule has 21 heavy (non-hydrogen) atoms. The maximum atomic E-state index is 11.2. The number of ether oxygens (including phenoxy) is 1. The Morgan fingerprint density at radius 2 is 2.00 bits per heavy atom. The van der Waals surface area contributed by atoms with Crippen LogP contribution in [0.25, 0.3) is 0 Å². The van der Waals surface area contributed by atoms with Gasteiger partial charge in [0.1, 0.15) is 18.3 Å². The van der Waals surface area contributed by atoms with E-state index in [0.29, 0.717) is 0 Å². The smallest absolute Gasteiger partial charge is 0.364 e. The molecule has 1 rings (SSSR count). The summed E-state index contributed by atoms with van der Waals surface area (Å²) in [4.78, 5) is 22.3. The van der Waals surface area contributed by atoms with E-state index in [1.165, 1.54) is 6.92 Å². The topological polar surface area (TPSA) is 157 Å². The van der Waals surface area contributed by atoms with Crippen molar-refractivity contribution in [1.82, 2.24) is 5.32 Å². The first-order valence-corrected chi connectivity index (χ1v) is 6.50. The van der Waals surface area contributed by atoms with Gasteiger partial charge in [0.2, 0.25) is 5.91 Å². The number of carbonyl (C=O) groups is 2. The van der Waals surface area contributed by atoms with Crippen LogP contribution in [0.15, 0.2) is 0 Å². The number of amides is 1. The number of nitrogens with one attached hydrogen (secondary N) is 1. The minimum absolute atomic E-state index is 0.300. The molecule has 0 aliphatic carbocycles. The van der Waals surface area contributed by atoms with Crippen LogP contribution in [0.5, 0.6) is 0 Å². The number of rotatable bonds is 5. The monoisotopic (exact) mass is 307 g/mol. The van der Waals surface area contributed by atoms with Gasteiger partial charge in [-0.1, -0.05) is 6.92 Å². The fourth-order valence-electron chi connectivity index (χ4n) is 2.44. The van der Waals surface area contributed by atoms with Crippen LogP contribution in [0.1, 0.15) is 20.3 Å². The van der Waals surface area contributed by atoms with Gasteiger partial charge in [-0.2, -0.15) is 0 Å². The molecule has 0 radical (unpaired) electrons. The van der Waals surface area contributed by atoms with Crippen molar-refractivity contribution in [1.29, 1.82) is 0 Å². The van der Waals surface area contributed by atoms with E-state index in [1.807, 2.05) is 0 Å². The molecule has 0 bridgehead atoms. The second-order valence-electron chi connectivity index (χ2n) is 5.32. The van der Waals surface area contributed by atoms with Gasteiger partial charge in [0, 0.05) is 13.3 Å². The molecule has 122 valence electrons. The minimum atomic E-state index is -2.53. The van der Waals surface area contributed by atoms with Gasteiger partial charge in [0.25, 0.3) is 5.79 Å². The zero-order valence-corrected chi connectivity index (χ0v) is 11.8. The number of hydrogen-bond acceptors (Lipinski definition) is 7. The molecule has 0 aromatic rings. The molecule has 9 nitrogen and oxygen atoms in total. The fraction of sp³-hybridized carbons (Fsp3) is 0.833. The molecule has 1 heterocycles. The van der Waals surface area contributed by atoms with Crippen molar-refractivity contribution in [2.24, 2.45) is 5.92 Å². The van der Waals surface area contributed by atoms with Crippen LogP contribution in [0.2, 0.25) is 0 Å². The van der Waals surface area contributed by atoms with Crippen LogP contribution in [-0.4, -0.2) is 74.2 Å². The molecule has 6 atom stereocenters.